The first kappa shape index (κ1) is 10.3. The lowest BCUT2D eigenvalue weighted by Gasteiger charge is -2.02. The Morgan fingerprint density at radius 1 is 1.55 bits per heavy atom. The Labute approximate surface area is 69.8 Å². The van der Waals surface area contributed by atoms with Crippen LogP contribution in [0.1, 0.15) is 27.2 Å². The van der Waals surface area contributed by atoms with Crippen LogP contribution in [0, 0.1) is 5.92 Å². The number of hydrogen-bond acceptors (Lipinski definition) is 1. The molecule has 0 N–H and O–H groups in total. The van der Waals surface area contributed by atoms with Gasteiger partial charge in [-0.05, 0) is 18.9 Å². The van der Waals surface area contributed by atoms with E-state index in [1.165, 1.54) is 0 Å². The van der Waals surface area contributed by atoms with Gasteiger partial charge in [-0.25, -0.2) is 0 Å². The van der Waals surface area contributed by atoms with E-state index in [0.29, 0.717) is 12.5 Å². The molecule has 0 amide bonds. The second kappa shape index (κ2) is 6.02. The maximum atomic E-state index is 5.16. The predicted molar refractivity (Wildman–Crippen MR) is 49.4 cm³/mol. The van der Waals surface area contributed by atoms with Crippen molar-refractivity contribution in [3.63, 3.8) is 0 Å². The zero-order chi connectivity index (χ0) is 8.69. The van der Waals surface area contributed by atoms with E-state index < -0.39 is 0 Å². The van der Waals surface area contributed by atoms with Gasteiger partial charge in [-0.3, -0.25) is 0 Å². The zero-order valence-electron chi connectivity index (χ0n) is 7.76. The summed E-state index contributed by atoms with van der Waals surface area (Å²) in [6.07, 6.45) is 5.23. The molecule has 0 aromatic rings. The first-order valence-corrected chi connectivity index (χ1v) is 4.20. The van der Waals surface area contributed by atoms with Gasteiger partial charge in [0.15, 0.2) is 0 Å². The second-order valence-corrected chi connectivity index (χ2v) is 2.64. The van der Waals surface area contributed by atoms with Crippen LogP contribution in [-0.2, 0) is 4.74 Å². The molecule has 1 nitrogen and oxygen atoms in total. The van der Waals surface area contributed by atoms with Gasteiger partial charge in [-0.2, -0.15) is 0 Å². The highest BCUT2D eigenvalue weighted by Crippen LogP contribution is 2.04. The molecule has 0 fully saturated rings. The summed E-state index contributed by atoms with van der Waals surface area (Å²) in [5, 5.41) is 0. The fraction of sp³-hybridized carbons (Fsp3) is 0.600. The van der Waals surface area contributed by atoms with Crippen molar-refractivity contribution < 1.29 is 4.74 Å². The number of hydrogen-bond donors (Lipinski definition) is 0. The van der Waals surface area contributed by atoms with Gasteiger partial charge >= 0.3 is 0 Å². The Bertz CT molecular complexity index is 136. The third-order valence-corrected chi connectivity index (χ3v) is 1.58. The summed E-state index contributed by atoms with van der Waals surface area (Å²) in [5.74, 6) is 1.38. The topological polar surface area (TPSA) is 9.23 Å². The largest absolute Gasteiger partial charge is 0.495 e. The quantitative estimate of drug-likeness (QED) is 0.436. The second-order valence-electron chi connectivity index (χ2n) is 2.64. The molecule has 64 valence electrons. The average Bonchev–Trinajstić information content (AvgIpc) is 2.01. The molecule has 0 aromatic heterocycles. The van der Waals surface area contributed by atoms with Crippen molar-refractivity contribution in [2.24, 2.45) is 5.92 Å². The molecule has 0 bridgehead atoms. The molecule has 0 saturated carbocycles. The fourth-order valence-corrected chi connectivity index (χ4v) is 0.641. The molecule has 11 heavy (non-hydrogen) atoms. The first-order valence-electron chi connectivity index (χ1n) is 4.20. The standard InChI is InChI=1S/C10H18O/c1-5-9(3)7-8-10(4)11-6-2/h7-9H,4-6H2,1-3H3/b8-7-. The molecule has 0 radical (unpaired) electrons. The Kier molecular flexibility index (Phi) is 5.63. The van der Waals surface area contributed by atoms with Crippen LogP contribution >= 0.6 is 0 Å². The lowest BCUT2D eigenvalue weighted by Crippen LogP contribution is -1.88. The molecule has 1 heteroatoms. The highest BCUT2D eigenvalue weighted by atomic mass is 16.5. The number of allylic oxidation sites excluding steroid dienone is 2. The van der Waals surface area contributed by atoms with Crippen LogP contribution in [0.15, 0.2) is 24.5 Å². The van der Waals surface area contributed by atoms with Crippen LogP contribution in [0.25, 0.3) is 0 Å². The van der Waals surface area contributed by atoms with Crippen molar-refractivity contribution >= 4 is 0 Å². The van der Waals surface area contributed by atoms with E-state index in [-0.39, 0.29) is 0 Å². The molecule has 1 unspecified atom stereocenters. The summed E-state index contributed by atoms with van der Waals surface area (Å²) in [6, 6.07) is 0. The van der Waals surface area contributed by atoms with Crippen molar-refractivity contribution in [1.29, 1.82) is 0 Å². The van der Waals surface area contributed by atoms with E-state index in [2.05, 4.69) is 26.5 Å². The molecular weight excluding hydrogens is 136 g/mol. The molecule has 0 saturated heterocycles. The SMILES string of the molecule is C=C(/C=C\C(C)CC)OCC. The van der Waals surface area contributed by atoms with Gasteiger partial charge in [0.2, 0.25) is 0 Å². The van der Waals surface area contributed by atoms with E-state index in [4.69, 9.17) is 4.74 Å². The minimum absolute atomic E-state index is 0.618. The predicted octanol–water partition coefficient (Wildman–Crippen LogP) is 3.14. The third kappa shape index (κ3) is 5.71. The van der Waals surface area contributed by atoms with Gasteiger partial charge in [-0.1, -0.05) is 32.9 Å². The fourth-order valence-electron chi connectivity index (χ4n) is 0.641. The minimum Gasteiger partial charge on any atom is -0.495 e. The number of ether oxygens (including phenoxy) is 1. The van der Waals surface area contributed by atoms with E-state index >= 15 is 0 Å². The van der Waals surface area contributed by atoms with Gasteiger partial charge < -0.3 is 4.74 Å². The first-order chi connectivity index (χ1) is 5.20. The highest BCUT2D eigenvalue weighted by Gasteiger charge is 1.91. The Hall–Kier alpha value is -0.720. The summed E-state index contributed by atoms with van der Waals surface area (Å²) in [4.78, 5) is 0. The number of rotatable bonds is 5. The van der Waals surface area contributed by atoms with Crippen LogP contribution in [0.3, 0.4) is 0 Å². The summed E-state index contributed by atoms with van der Waals surface area (Å²) in [7, 11) is 0. The molecule has 1 atom stereocenters. The maximum Gasteiger partial charge on any atom is 0.111 e. The molecule has 0 rings (SSSR count). The normalized spacial score (nSPS) is 13.4. The maximum absolute atomic E-state index is 5.16. The summed E-state index contributed by atoms with van der Waals surface area (Å²) in [6.45, 7) is 10.7. The van der Waals surface area contributed by atoms with E-state index in [9.17, 15) is 0 Å². The van der Waals surface area contributed by atoms with Crippen LogP contribution in [-0.4, -0.2) is 6.61 Å². The van der Waals surface area contributed by atoms with Crippen molar-refractivity contribution in [3.8, 4) is 0 Å². The Morgan fingerprint density at radius 3 is 2.64 bits per heavy atom. The van der Waals surface area contributed by atoms with Gasteiger partial charge in [0, 0.05) is 0 Å². The van der Waals surface area contributed by atoms with Gasteiger partial charge in [0.05, 0.1) is 6.61 Å². The van der Waals surface area contributed by atoms with Crippen LogP contribution < -0.4 is 0 Å². The monoisotopic (exact) mass is 154 g/mol. The zero-order valence-corrected chi connectivity index (χ0v) is 7.76. The van der Waals surface area contributed by atoms with Crippen molar-refractivity contribution in [1.82, 2.24) is 0 Å². The lowest BCUT2D eigenvalue weighted by molar-refractivity contribution is 0.244. The minimum atomic E-state index is 0.618. The van der Waals surface area contributed by atoms with Gasteiger partial charge in [0.25, 0.3) is 0 Å². The molecule has 0 aliphatic rings. The Balaban J connectivity index is 3.63. The smallest absolute Gasteiger partial charge is 0.111 e. The molecule has 0 aliphatic heterocycles. The van der Waals surface area contributed by atoms with E-state index in [1.807, 2.05) is 13.0 Å². The van der Waals surface area contributed by atoms with Crippen LogP contribution in [0.4, 0.5) is 0 Å². The lowest BCUT2D eigenvalue weighted by atomic mass is 10.1. The van der Waals surface area contributed by atoms with Crippen molar-refractivity contribution in [2.45, 2.75) is 27.2 Å². The third-order valence-electron chi connectivity index (χ3n) is 1.58. The molecule has 0 aliphatic carbocycles. The summed E-state index contributed by atoms with van der Waals surface area (Å²) >= 11 is 0. The van der Waals surface area contributed by atoms with Crippen LogP contribution in [0.2, 0.25) is 0 Å². The molecular formula is C10H18O. The summed E-state index contributed by atoms with van der Waals surface area (Å²) in [5.41, 5.74) is 0. The van der Waals surface area contributed by atoms with Gasteiger partial charge in [-0.15, -0.1) is 0 Å². The van der Waals surface area contributed by atoms with Crippen LogP contribution in [0.5, 0.6) is 0 Å². The molecule has 0 aromatic carbocycles. The highest BCUT2D eigenvalue weighted by molar-refractivity contribution is 5.07. The Morgan fingerprint density at radius 2 is 2.18 bits per heavy atom. The van der Waals surface area contributed by atoms with Crippen molar-refractivity contribution in [3.05, 3.63) is 24.5 Å². The van der Waals surface area contributed by atoms with E-state index in [1.54, 1.807) is 0 Å². The van der Waals surface area contributed by atoms with Crippen molar-refractivity contribution in [2.75, 3.05) is 6.61 Å². The van der Waals surface area contributed by atoms with Gasteiger partial charge in [0.1, 0.15) is 5.76 Å². The summed E-state index contributed by atoms with van der Waals surface area (Å²) < 4.78 is 5.16. The molecule has 0 heterocycles. The van der Waals surface area contributed by atoms with E-state index in [0.717, 1.165) is 12.2 Å². The molecule has 0 spiro atoms. The average molecular weight is 154 g/mol.